The van der Waals surface area contributed by atoms with Crippen molar-refractivity contribution in [2.45, 2.75) is 0 Å². The molecule has 0 saturated carbocycles. The number of carbonyl (C=O) groups is 1. The van der Waals surface area contributed by atoms with Gasteiger partial charge < -0.3 is 9.73 Å². The van der Waals surface area contributed by atoms with Gasteiger partial charge in [-0.2, -0.15) is 0 Å². The predicted octanol–water partition coefficient (Wildman–Crippen LogP) is 4.49. The number of nitrogens with one attached hydrogen (secondary N) is 1. The van der Waals surface area contributed by atoms with Gasteiger partial charge in [0.1, 0.15) is 0 Å². The van der Waals surface area contributed by atoms with Crippen LogP contribution in [0.4, 0.5) is 5.69 Å². The molecular weight excluding hydrogens is 284 g/mol. The van der Waals surface area contributed by atoms with Crippen molar-refractivity contribution >= 4 is 46.4 Å². The van der Waals surface area contributed by atoms with Crippen LogP contribution in [0.15, 0.2) is 34.7 Å². The quantitative estimate of drug-likeness (QED) is 0.885. The summed E-state index contributed by atoms with van der Waals surface area (Å²) < 4.78 is 4.97. The minimum absolute atomic E-state index is 0.126. The summed E-state index contributed by atoms with van der Waals surface area (Å²) in [6.45, 7) is 0. The van der Waals surface area contributed by atoms with Crippen LogP contribution in [0.3, 0.4) is 0 Å². The Morgan fingerprint density at radius 1 is 1.06 bits per heavy atom. The minimum Gasteiger partial charge on any atom is -0.440 e. The van der Waals surface area contributed by atoms with Crippen molar-refractivity contribution in [2.24, 2.45) is 0 Å². The fourth-order valence-corrected chi connectivity index (χ4v) is 1.65. The summed E-state index contributed by atoms with van der Waals surface area (Å²) in [5, 5.41) is 3.55. The first kappa shape index (κ1) is 12.3. The van der Waals surface area contributed by atoms with Crippen LogP contribution in [0.1, 0.15) is 10.6 Å². The Kier molecular flexibility index (Phi) is 3.62. The molecule has 0 aliphatic carbocycles. The maximum atomic E-state index is 11.7. The number of hydrogen-bond acceptors (Lipinski definition) is 2. The standard InChI is InChI=1S/C11H6Cl3NO2/c12-7-2-1-6(5-8(7)13)15-11(16)9-3-4-10(14)17-9/h1-5H,(H,15,16). The third kappa shape index (κ3) is 2.94. The third-order valence-corrected chi connectivity index (χ3v) is 2.92. The van der Waals surface area contributed by atoms with Gasteiger partial charge in [0.05, 0.1) is 10.0 Å². The summed E-state index contributed by atoms with van der Waals surface area (Å²) in [4.78, 5) is 11.7. The first-order chi connectivity index (χ1) is 8.06. The van der Waals surface area contributed by atoms with Gasteiger partial charge in [-0.15, -0.1) is 0 Å². The van der Waals surface area contributed by atoms with E-state index in [-0.39, 0.29) is 11.0 Å². The molecule has 2 rings (SSSR count). The van der Waals surface area contributed by atoms with E-state index in [1.807, 2.05) is 0 Å². The Balaban J connectivity index is 2.15. The van der Waals surface area contributed by atoms with Crippen molar-refractivity contribution in [3.8, 4) is 0 Å². The van der Waals surface area contributed by atoms with Gasteiger partial charge in [-0.05, 0) is 41.9 Å². The molecule has 0 aliphatic rings. The van der Waals surface area contributed by atoms with E-state index in [9.17, 15) is 4.79 Å². The van der Waals surface area contributed by atoms with Gasteiger partial charge in [0, 0.05) is 5.69 Å². The molecule has 0 spiro atoms. The van der Waals surface area contributed by atoms with Crippen LogP contribution in [-0.2, 0) is 0 Å². The van der Waals surface area contributed by atoms with Crippen LogP contribution in [0.5, 0.6) is 0 Å². The molecule has 1 aromatic heterocycles. The van der Waals surface area contributed by atoms with Crippen LogP contribution in [-0.4, -0.2) is 5.91 Å². The molecule has 6 heteroatoms. The van der Waals surface area contributed by atoms with Crippen LogP contribution in [0, 0.1) is 0 Å². The average molecular weight is 291 g/mol. The number of furan rings is 1. The molecule has 3 nitrogen and oxygen atoms in total. The van der Waals surface area contributed by atoms with Gasteiger partial charge in [0.2, 0.25) is 0 Å². The maximum Gasteiger partial charge on any atom is 0.291 e. The summed E-state index contributed by atoms with van der Waals surface area (Å²) in [5.74, 6) is -0.281. The summed E-state index contributed by atoms with van der Waals surface area (Å²) in [6, 6.07) is 7.75. The minimum atomic E-state index is -0.407. The Morgan fingerprint density at radius 2 is 1.82 bits per heavy atom. The molecule has 0 bridgehead atoms. The molecule has 0 radical (unpaired) electrons. The molecule has 1 aromatic carbocycles. The number of benzene rings is 1. The number of halogens is 3. The van der Waals surface area contributed by atoms with Crippen LogP contribution < -0.4 is 5.32 Å². The van der Waals surface area contributed by atoms with Crippen molar-refractivity contribution in [1.82, 2.24) is 0 Å². The first-order valence-corrected chi connectivity index (χ1v) is 5.71. The van der Waals surface area contributed by atoms with Crippen molar-refractivity contribution in [2.75, 3.05) is 5.32 Å². The zero-order chi connectivity index (χ0) is 12.4. The fraction of sp³-hybridized carbons (Fsp3) is 0. The molecule has 1 amide bonds. The second-order valence-electron chi connectivity index (χ2n) is 3.19. The highest BCUT2D eigenvalue weighted by Crippen LogP contribution is 2.25. The van der Waals surface area contributed by atoms with Gasteiger partial charge in [0.15, 0.2) is 11.0 Å². The first-order valence-electron chi connectivity index (χ1n) is 4.58. The molecular formula is C11H6Cl3NO2. The maximum absolute atomic E-state index is 11.7. The lowest BCUT2D eigenvalue weighted by atomic mass is 10.3. The molecule has 1 N–H and O–H groups in total. The van der Waals surface area contributed by atoms with Crippen LogP contribution >= 0.6 is 34.8 Å². The summed E-state index contributed by atoms with van der Waals surface area (Å²) in [7, 11) is 0. The van der Waals surface area contributed by atoms with Crippen molar-refractivity contribution < 1.29 is 9.21 Å². The number of hydrogen-bond donors (Lipinski definition) is 1. The highest BCUT2D eigenvalue weighted by atomic mass is 35.5. The highest BCUT2D eigenvalue weighted by Gasteiger charge is 2.11. The van der Waals surface area contributed by atoms with E-state index in [0.717, 1.165) is 0 Å². The number of carbonyl (C=O) groups excluding carboxylic acids is 1. The van der Waals surface area contributed by atoms with E-state index >= 15 is 0 Å². The molecule has 2 aromatic rings. The molecule has 0 atom stereocenters. The highest BCUT2D eigenvalue weighted by molar-refractivity contribution is 6.42. The SMILES string of the molecule is O=C(Nc1ccc(Cl)c(Cl)c1)c1ccc(Cl)o1. The van der Waals surface area contributed by atoms with E-state index in [1.165, 1.54) is 12.1 Å². The molecule has 0 saturated heterocycles. The topological polar surface area (TPSA) is 42.2 Å². The normalized spacial score (nSPS) is 10.3. The fourth-order valence-electron chi connectivity index (χ4n) is 1.20. The van der Waals surface area contributed by atoms with E-state index in [4.69, 9.17) is 39.2 Å². The van der Waals surface area contributed by atoms with Crippen LogP contribution in [0.2, 0.25) is 15.3 Å². The second kappa shape index (κ2) is 5.00. The Bertz CT molecular complexity index is 566. The zero-order valence-corrected chi connectivity index (χ0v) is 10.6. The number of anilines is 1. The van der Waals surface area contributed by atoms with Crippen LogP contribution in [0.25, 0.3) is 0 Å². The largest absolute Gasteiger partial charge is 0.440 e. The average Bonchev–Trinajstić information content (AvgIpc) is 2.70. The van der Waals surface area contributed by atoms with Gasteiger partial charge in [0.25, 0.3) is 5.91 Å². The lowest BCUT2D eigenvalue weighted by Crippen LogP contribution is -2.10. The summed E-state index contributed by atoms with van der Waals surface area (Å²) in [5.41, 5.74) is 0.525. The zero-order valence-electron chi connectivity index (χ0n) is 8.34. The Labute approximate surface area is 112 Å². The third-order valence-electron chi connectivity index (χ3n) is 1.97. The van der Waals surface area contributed by atoms with Gasteiger partial charge in [-0.25, -0.2) is 0 Å². The van der Waals surface area contributed by atoms with E-state index in [2.05, 4.69) is 5.32 Å². The van der Waals surface area contributed by atoms with Gasteiger partial charge in [-0.3, -0.25) is 4.79 Å². The molecule has 0 unspecified atom stereocenters. The van der Waals surface area contributed by atoms with E-state index < -0.39 is 5.91 Å². The van der Waals surface area contributed by atoms with Crippen molar-refractivity contribution in [1.29, 1.82) is 0 Å². The second-order valence-corrected chi connectivity index (χ2v) is 4.37. The van der Waals surface area contributed by atoms with E-state index in [0.29, 0.717) is 15.7 Å². The lowest BCUT2D eigenvalue weighted by Gasteiger charge is -2.04. The molecule has 0 aliphatic heterocycles. The smallest absolute Gasteiger partial charge is 0.291 e. The summed E-state index contributed by atoms with van der Waals surface area (Å²) in [6.07, 6.45) is 0. The van der Waals surface area contributed by atoms with Gasteiger partial charge in [-0.1, -0.05) is 23.2 Å². The molecule has 88 valence electrons. The lowest BCUT2D eigenvalue weighted by molar-refractivity contribution is 0.0997. The molecule has 0 fully saturated rings. The van der Waals surface area contributed by atoms with E-state index in [1.54, 1.807) is 18.2 Å². The van der Waals surface area contributed by atoms with Crippen molar-refractivity contribution in [3.05, 3.63) is 51.4 Å². The van der Waals surface area contributed by atoms with Gasteiger partial charge >= 0.3 is 0 Å². The molecule has 1 heterocycles. The van der Waals surface area contributed by atoms with Crippen molar-refractivity contribution in [3.63, 3.8) is 0 Å². The Hall–Kier alpha value is -1.16. The number of amides is 1. The predicted molar refractivity (Wildman–Crippen MR) is 68.1 cm³/mol. The number of rotatable bonds is 2. The molecule has 17 heavy (non-hydrogen) atoms. The Morgan fingerprint density at radius 3 is 2.41 bits per heavy atom. The summed E-state index contributed by atoms with van der Waals surface area (Å²) >= 11 is 17.1. The monoisotopic (exact) mass is 289 g/mol.